The number of hydrogen-bond donors (Lipinski definition) is 2. The summed E-state index contributed by atoms with van der Waals surface area (Å²) < 4.78 is 37.2. The third kappa shape index (κ3) is 2.65. The standard InChI is InChI=1S/C11H14F3NO3/c1-5(9(17)18)15-6-4-10(2,3)7(6)8(16)11(12,13)14/h5,15H,4H2,1-3H3,(H,17,18). The van der Waals surface area contributed by atoms with Crippen LogP contribution in [0.15, 0.2) is 11.3 Å². The lowest BCUT2D eigenvalue weighted by atomic mass is 9.67. The number of halogens is 3. The van der Waals surface area contributed by atoms with E-state index in [0.717, 1.165) is 0 Å². The number of carbonyl (C=O) groups excluding carboxylic acids is 1. The van der Waals surface area contributed by atoms with E-state index in [1.165, 1.54) is 20.8 Å². The van der Waals surface area contributed by atoms with Gasteiger partial charge in [-0.2, -0.15) is 13.2 Å². The molecular formula is C11H14F3NO3. The van der Waals surface area contributed by atoms with Gasteiger partial charge in [0, 0.05) is 16.7 Å². The molecule has 7 heteroatoms. The third-order valence-corrected chi connectivity index (χ3v) is 2.84. The molecule has 0 spiro atoms. The minimum absolute atomic E-state index is 0.0669. The van der Waals surface area contributed by atoms with Gasteiger partial charge in [-0.15, -0.1) is 0 Å². The van der Waals surface area contributed by atoms with Crippen molar-refractivity contribution in [2.75, 3.05) is 0 Å². The average Bonchev–Trinajstić information content (AvgIpc) is 2.13. The minimum Gasteiger partial charge on any atom is -0.480 e. The van der Waals surface area contributed by atoms with Crippen LogP contribution in [0.4, 0.5) is 13.2 Å². The van der Waals surface area contributed by atoms with Crippen LogP contribution < -0.4 is 5.32 Å². The number of alkyl halides is 3. The van der Waals surface area contributed by atoms with Gasteiger partial charge in [-0.25, -0.2) is 0 Å². The van der Waals surface area contributed by atoms with Gasteiger partial charge in [0.1, 0.15) is 6.04 Å². The first-order chi connectivity index (χ1) is 7.97. The Morgan fingerprint density at radius 1 is 1.39 bits per heavy atom. The molecular weight excluding hydrogens is 251 g/mol. The van der Waals surface area contributed by atoms with Gasteiger partial charge >= 0.3 is 12.1 Å². The number of ketones is 1. The number of carbonyl (C=O) groups is 2. The molecule has 0 bridgehead atoms. The number of carboxylic acid groups (broad SMARTS) is 1. The van der Waals surface area contributed by atoms with E-state index in [1.54, 1.807) is 0 Å². The molecule has 1 aliphatic rings. The van der Waals surface area contributed by atoms with E-state index in [2.05, 4.69) is 5.32 Å². The molecule has 0 aliphatic heterocycles. The molecule has 0 aromatic rings. The van der Waals surface area contributed by atoms with Crippen LogP contribution in [-0.2, 0) is 9.59 Å². The normalized spacial score (nSPS) is 20.1. The summed E-state index contributed by atoms with van der Waals surface area (Å²) in [5.74, 6) is -3.09. The molecule has 0 saturated heterocycles. The van der Waals surface area contributed by atoms with Crippen molar-refractivity contribution in [3.05, 3.63) is 11.3 Å². The molecule has 0 saturated carbocycles. The number of nitrogens with one attached hydrogen (secondary N) is 1. The Kier molecular flexibility index (Phi) is 3.47. The lowest BCUT2D eigenvalue weighted by molar-refractivity contribution is -0.168. The van der Waals surface area contributed by atoms with Crippen molar-refractivity contribution in [3.63, 3.8) is 0 Å². The molecule has 2 N–H and O–H groups in total. The predicted octanol–water partition coefficient (Wildman–Crippen LogP) is 1.86. The maximum Gasteiger partial charge on any atom is 0.454 e. The zero-order valence-electron chi connectivity index (χ0n) is 10.2. The van der Waals surface area contributed by atoms with Crippen LogP contribution in [0.25, 0.3) is 0 Å². The van der Waals surface area contributed by atoms with Crippen LogP contribution in [0.2, 0.25) is 0 Å². The van der Waals surface area contributed by atoms with Crippen LogP contribution in [0.3, 0.4) is 0 Å². The lowest BCUT2D eigenvalue weighted by Crippen LogP contribution is -2.46. The molecule has 0 amide bonds. The Bertz CT molecular complexity index is 424. The largest absolute Gasteiger partial charge is 0.480 e. The lowest BCUT2D eigenvalue weighted by Gasteiger charge is -2.41. The van der Waals surface area contributed by atoms with Crippen LogP contribution in [0.1, 0.15) is 27.2 Å². The van der Waals surface area contributed by atoms with E-state index in [-0.39, 0.29) is 17.7 Å². The van der Waals surface area contributed by atoms with Gasteiger partial charge in [0.25, 0.3) is 5.78 Å². The minimum atomic E-state index is -4.94. The first-order valence-corrected chi connectivity index (χ1v) is 5.31. The maximum absolute atomic E-state index is 12.4. The Hall–Kier alpha value is -1.53. The van der Waals surface area contributed by atoms with Crippen molar-refractivity contribution in [1.82, 2.24) is 5.32 Å². The van der Waals surface area contributed by atoms with E-state index in [4.69, 9.17) is 5.11 Å². The van der Waals surface area contributed by atoms with E-state index >= 15 is 0 Å². The smallest absolute Gasteiger partial charge is 0.454 e. The molecule has 0 heterocycles. The number of aliphatic carboxylic acids is 1. The van der Waals surface area contributed by atoms with Gasteiger partial charge in [-0.1, -0.05) is 13.8 Å². The molecule has 18 heavy (non-hydrogen) atoms. The van der Waals surface area contributed by atoms with Crippen molar-refractivity contribution in [1.29, 1.82) is 0 Å². The van der Waals surface area contributed by atoms with Crippen molar-refractivity contribution in [3.8, 4) is 0 Å². The summed E-state index contributed by atoms with van der Waals surface area (Å²) in [7, 11) is 0. The molecule has 1 rings (SSSR count). The molecule has 1 aliphatic carbocycles. The number of allylic oxidation sites excluding steroid dienone is 2. The van der Waals surface area contributed by atoms with E-state index in [0.29, 0.717) is 0 Å². The Morgan fingerprint density at radius 2 is 1.89 bits per heavy atom. The van der Waals surface area contributed by atoms with Crippen molar-refractivity contribution in [2.45, 2.75) is 39.4 Å². The predicted molar refractivity (Wildman–Crippen MR) is 56.7 cm³/mol. The molecule has 1 atom stereocenters. The first-order valence-electron chi connectivity index (χ1n) is 5.31. The van der Waals surface area contributed by atoms with Crippen LogP contribution in [0, 0.1) is 5.41 Å². The van der Waals surface area contributed by atoms with Crippen LogP contribution >= 0.6 is 0 Å². The fourth-order valence-electron chi connectivity index (χ4n) is 1.95. The summed E-state index contributed by atoms with van der Waals surface area (Å²) >= 11 is 0. The summed E-state index contributed by atoms with van der Waals surface area (Å²) in [5.41, 5.74) is -1.19. The zero-order valence-corrected chi connectivity index (χ0v) is 10.2. The summed E-state index contributed by atoms with van der Waals surface area (Å²) in [4.78, 5) is 21.9. The number of carboxylic acids is 1. The Balaban J connectivity index is 3.02. The van der Waals surface area contributed by atoms with E-state index in [1.807, 2.05) is 0 Å². The van der Waals surface area contributed by atoms with Crippen LogP contribution in [-0.4, -0.2) is 29.1 Å². The highest BCUT2D eigenvalue weighted by molar-refractivity contribution is 6.02. The van der Waals surface area contributed by atoms with E-state index < -0.39 is 29.4 Å². The molecule has 1 unspecified atom stereocenters. The first kappa shape index (κ1) is 14.5. The fourth-order valence-corrected chi connectivity index (χ4v) is 1.95. The van der Waals surface area contributed by atoms with Crippen molar-refractivity contribution >= 4 is 11.8 Å². The zero-order chi connectivity index (χ0) is 14.3. The van der Waals surface area contributed by atoms with Crippen molar-refractivity contribution < 1.29 is 27.9 Å². The monoisotopic (exact) mass is 265 g/mol. The second-order valence-electron chi connectivity index (χ2n) is 4.95. The Labute approximate surface area is 102 Å². The fraction of sp³-hybridized carbons (Fsp3) is 0.636. The second-order valence-corrected chi connectivity index (χ2v) is 4.95. The molecule has 102 valence electrons. The van der Waals surface area contributed by atoms with E-state index in [9.17, 15) is 22.8 Å². The van der Waals surface area contributed by atoms with Gasteiger partial charge in [0.2, 0.25) is 0 Å². The Morgan fingerprint density at radius 3 is 2.22 bits per heavy atom. The summed E-state index contributed by atoms with van der Waals surface area (Å²) in [5, 5.41) is 11.1. The summed E-state index contributed by atoms with van der Waals surface area (Å²) in [6.07, 6.45) is -4.71. The highest BCUT2D eigenvalue weighted by Gasteiger charge is 2.51. The number of hydrogen-bond acceptors (Lipinski definition) is 3. The summed E-state index contributed by atoms with van der Waals surface area (Å²) in [6, 6.07) is -1.04. The molecule has 0 radical (unpaired) electrons. The molecule has 0 aromatic heterocycles. The highest BCUT2D eigenvalue weighted by atomic mass is 19.4. The SMILES string of the molecule is CC(NC1=C(C(=O)C(F)(F)F)C(C)(C)C1)C(=O)O. The quantitative estimate of drug-likeness (QED) is 0.814. The third-order valence-electron chi connectivity index (χ3n) is 2.84. The highest BCUT2D eigenvalue weighted by Crippen LogP contribution is 2.47. The maximum atomic E-state index is 12.4. The van der Waals surface area contributed by atoms with Crippen molar-refractivity contribution in [2.24, 2.45) is 5.41 Å². The number of rotatable bonds is 4. The molecule has 0 aromatic carbocycles. The average molecular weight is 265 g/mol. The topological polar surface area (TPSA) is 66.4 Å². The van der Waals surface area contributed by atoms with Crippen LogP contribution in [0.5, 0.6) is 0 Å². The molecule has 0 fully saturated rings. The number of Topliss-reactive ketones (excluding diaryl/α,β-unsaturated/α-hetero) is 1. The molecule has 4 nitrogen and oxygen atoms in total. The van der Waals surface area contributed by atoms with Gasteiger partial charge in [-0.3, -0.25) is 9.59 Å². The second kappa shape index (κ2) is 4.29. The van der Waals surface area contributed by atoms with Gasteiger partial charge in [0.05, 0.1) is 0 Å². The van der Waals surface area contributed by atoms with Gasteiger partial charge < -0.3 is 10.4 Å². The van der Waals surface area contributed by atoms with Gasteiger partial charge in [-0.05, 0) is 13.3 Å². The summed E-state index contributed by atoms with van der Waals surface area (Å²) in [6.45, 7) is 4.33. The van der Waals surface area contributed by atoms with Gasteiger partial charge in [0.15, 0.2) is 0 Å².